The molecular weight excluding hydrogens is 287 g/mol. The summed E-state index contributed by atoms with van der Waals surface area (Å²) in [6.45, 7) is 0. The van der Waals surface area contributed by atoms with Gasteiger partial charge in [-0.2, -0.15) is 11.8 Å². The molecule has 16 heavy (non-hydrogen) atoms. The number of rotatable bonds is 7. The van der Waals surface area contributed by atoms with Gasteiger partial charge >= 0.3 is 0 Å². The number of thioether (sulfide) groups is 1. The summed E-state index contributed by atoms with van der Waals surface area (Å²) < 4.78 is 12.7. The molecule has 3 heteroatoms. The largest absolute Gasteiger partial charge is 0.207 e. The molecule has 90 valence electrons. The summed E-state index contributed by atoms with van der Waals surface area (Å²) in [5, 5.41) is 1.03. The second kappa shape index (κ2) is 8.13. The molecule has 1 aromatic carbocycles. The molecule has 0 aliphatic rings. The monoisotopic (exact) mass is 304 g/mol. The van der Waals surface area contributed by atoms with Gasteiger partial charge in [0.15, 0.2) is 0 Å². The van der Waals surface area contributed by atoms with Crippen molar-refractivity contribution in [3.63, 3.8) is 0 Å². The van der Waals surface area contributed by atoms with Crippen molar-refractivity contribution in [1.82, 2.24) is 0 Å². The summed E-state index contributed by atoms with van der Waals surface area (Å²) in [6.07, 6.45) is 5.69. The SMILES string of the molecule is CSCCCC(CBr)Cc1ccc(F)cc1. The van der Waals surface area contributed by atoms with Gasteiger partial charge in [-0.15, -0.1) is 0 Å². The molecule has 0 saturated heterocycles. The van der Waals surface area contributed by atoms with E-state index in [0.717, 1.165) is 11.8 Å². The molecule has 0 aromatic heterocycles. The van der Waals surface area contributed by atoms with E-state index in [2.05, 4.69) is 22.2 Å². The van der Waals surface area contributed by atoms with Crippen LogP contribution in [0.3, 0.4) is 0 Å². The van der Waals surface area contributed by atoms with Crippen LogP contribution in [-0.2, 0) is 6.42 Å². The summed E-state index contributed by atoms with van der Waals surface area (Å²) in [6, 6.07) is 6.87. The van der Waals surface area contributed by atoms with E-state index in [-0.39, 0.29) is 5.82 Å². The van der Waals surface area contributed by atoms with Crippen LogP contribution in [-0.4, -0.2) is 17.3 Å². The molecular formula is C13H18BrFS. The summed E-state index contributed by atoms with van der Waals surface area (Å²) in [7, 11) is 0. The Labute approximate surface area is 110 Å². The van der Waals surface area contributed by atoms with Gasteiger partial charge in [0.05, 0.1) is 0 Å². The van der Waals surface area contributed by atoms with Crippen molar-refractivity contribution >= 4 is 27.7 Å². The molecule has 1 rings (SSSR count). The summed E-state index contributed by atoms with van der Waals surface area (Å²) >= 11 is 5.46. The fourth-order valence-electron chi connectivity index (χ4n) is 1.70. The minimum absolute atomic E-state index is 0.151. The Bertz CT molecular complexity index is 286. The predicted molar refractivity (Wildman–Crippen MR) is 75.0 cm³/mol. The molecule has 0 nitrogen and oxygen atoms in total. The fraction of sp³-hybridized carbons (Fsp3) is 0.538. The molecule has 0 aliphatic carbocycles. The Kier molecular flexibility index (Phi) is 7.13. The third-order valence-electron chi connectivity index (χ3n) is 2.62. The molecule has 0 amide bonds. The van der Waals surface area contributed by atoms with Gasteiger partial charge < -0.3 is 0 Å². The van der Waals surface area contributed by atoms with Gasteiger partial charge in [-0.05, 0) is 54.9 Å². The third kappa shape index (κ3) is 5.35. The first-order valence-corrected chi connectivity index (χ1v) is 8.07. The molecule has 0 fully saturated rings. The molecule has 0 radical (unpaired) electrons. The zero-order valence-electron chi connectivity index (χ0n) is 9.59. The minimum atomic E-state index is -0.151. The van der Waals surface area contributed by atoms with E-state index in [0.29, 0.717) is 5.92 Å². The lowest BCUT2D eigenvalue weighted by molar-refractivity contribution is 0.536. The maximum atomic E-state index is 12.7. The average Bonchev–Trinajstić information content (AvgIpc) is 2.31. The first kappa shape index (κ1) is 14.0. The number of benzene rings is 1. The van der Waals surface area contributed by atoms with Gasteiger partial charge in [0.2, 0.25) is 0 Å². The normalized spacial score (nSPS) is 12.7. The Hall–Kier alpha value is -0.0200. The highest BCUT2D eigenvalue weighted by atomic mass is 79.9. The van der Waals surface area contributed by atoms with Crippen molar-refractivity contribution < 1.29 is 4.39 Å². The van der Waals surface area contributed by atoms with E-state index < -0.39 is 0 Å². The van der Waals surface area contributed by atoms with E-state index in [1.807, 2.05) is 23.9 Å². The Morgan fingerprint density at radius 3 is 2.56 bits per heavy atom. The molecule has 0 aliphatic heterocycles. The zero-order valence-corrected chi connectivity index (χ0v) is 12.0. The molecule has 1 atom stereocenters. The van der Waals surface area contributed by atoms with Gasteiger partial charge in [-0.1, -0.05) is 28.1 Å². The van der Waals surface area contributed by atoms with Crippen molar-refractivity contribution in [2.75, 3.05) is 17.3 Å². The molecule has 1 aromatic rings. The smallest absolute Gasteiger partial charge is 0.123 e. The lowest BCUT2D eigenvalue weighted by atomic mass is 9.97. The Balaban J connectivity index is 2.40. The van der Waals surface area contributed by atoms with E-state index in [9.17, 15) is 4.39 Å². The average molecular weight is 305 g/mol. The van der Waals surface area contributed by atoms with Crippen molar-refractivity contribution in [2.45, 2.75) is 19.3 Å². The topological polar surface area (TPSA) is 0 Å². The van der Waals surface area contributed by atoms with Crippen LogP contribution in [0.5, 0.6) is 0 Å². The van der Waals surface area contributed by atoms with Crippen LogP contribution in [0.2, 0.25) is 0 Å². The quantitative estimate of drug-likeness (QED) is 0.527. The van der Waals surface area contributed by atoms with Crippen LogP contribution in [0.15, 0.2) is 24.3 Å². The van der Waals surface area contributed by atoms with Crippen LogP contribution in [0.25, 0.3) is 0 Å². The molecule has 0 spiro atoms. The van der Waals surface area contributed by atoms with Crippen molar-refractivity contribution in [2.24, 2.45) is 5.92 Å². The number of halogens is 2. The fourth-order valence-corrected chi connectivity index (χ4v) is 2.71. The molecule has 0 N–H and O–H groups in total. The van der Waals surface area contributed by atoms with Gasteiger partial charge in [-0.25, -0.2) is 4.39 Å². The van der Waals surface area contributed by atoms with E-state index >= 15 is 0 Å². The third-order valence-corrected chi connectivity index (χ3v) is 4.23. The van der Waals surface area contributed by atoms with Gasteiger partial charge in [0, 0.05) is 5.33 Å². The Morgan fingerprint density at radius 2 is 2.00 bits per heavy atom. The van der Waals surface area contributed by atoms with Crippen molar-refractivity contribution in [1.29, 1.82) is 0 Å². The van der Waals surface area contributed by atoms with Crippen LogP contribution < -0.4 is 0 Å². The second-order valence-corrected chi connectivity index (χ2v) is 5.62. The van der Waals surface area contributed by atoms with E-state index in [4.69, 9.17) is 0 Å². The van der Waals surface area contributed by atoms with Crippen LogP contribution in [0.4, 0.5) is 4.39 Å². The number of alkyl halides is 1. The van der Waals surface area contributed by atoms with E-state index in [1.165, 1.54) is 24.2 Å². The van der Waals surface area contributed by atoms with E-state index in [1.54, 1.807) is 12.1 Å². The zero-order chi connectivity index (χ0) is 11.8. The number of hydrogen-bond donors (Lipinski definition) is 0. The highest BCUT2D eigenvalue weighted by Gasteiger charge is 2.08. The molecule has 0 heterocycles. The van der Waals surface area contributed by atoms with Crippen LogP contribution >= 0.6 is 27.7 Å². The summed E-state index contributed by atoms with van der Waals surface area (Å²) in [4.78, 5) is 0. The van der Waals surface area contributed by atoms with Crippen molar-refractivity contribution in [3.8, 4) is 0 Å². The maximum Gasteiger partial charge on any atom is 0.123 e. The molecule has 0 saturated carbocycles. The van der Waals surface area contributed by atoms with Crippen LogP contribution in [0.1, 0.15) is 18.4 Å². The Morgan fingerprint density at radius 1 is 1.31 bits per heavy atom. The lowest BCUT2D eigenvalue weighted by Crippen LogP contribution is -2.06. The van der Waals surface area contributed by atoms with Gasteiger partial charge in [0.25, 0.3) is 0 Å². The first-order valence-electron chi connectivity index (χ1n) is 5.55. The molecule has 1 unspecified atom stereocenters. The first-order chi connectivity index (χ1) is 7.76. The minimum Gasteiger partial charge on any atom is -0.207 e. The summed E-state index contributed by atoms with van der Waals surface area (Å²) in [5.74, 6) is 1.74. The highest BCUT2D eigenvalue weighted by Crippen LogP contribution is 2.18. The standard InChI is InChI=1S/C13H18BrFS/c1-16-8-2-3-12(10-14)9-11-4-6-13(15)7-5-11/h4-7,12H,2-3,8-10H2,1H3. The van der Waals surface area contributed by atoms with Crippen molar-refractivity contribution in [3.05, 3.63) is 35.6 Å². The van der Waals surface area contributed by atoms with Gasteiger partial charge in [0.1, 0.15) is 5.82 Å². The van der Waals surface area contributed by atoms with Crippen LogP contribution in [0, 0.1) is 11.7 Å². The number of hydrogen-bond acceptors (Lipinski definition) is 1. The molecule has 0 bridgehead atoms. The summed E-state index contributed by atoms with van der Waals surface area (Å²) in [5.41, 5.74) is 1.23. The lowest BCUT2D eigenvalue weighted by Gasteiger charge is -2.13. The van der Waals surface area contributed by atoms with Gasteiger partial charge in [-0.3, -0.25) is 0 Å². The predicted octanol–water partition coefficient (Wildman–Crippen LogP) is 4.52. The second-order valence-electron chi connectivity index (χ2n) is 3.99. The maximum absolute atomic E-state index is 12.7. The highest BCUT2D eigenvalue weighted by molar-refractivity contribution is 9.09.